The molecule has 1 aliphatic carbocycles. The molecule has 1 aliphatic rings. The molecule has 4 N–H and O–H groups in total. The van der Waals surface area contributed by atoms with Crippen molar-refractivity contribution in [1.29, 1.82) is 0 Å². The molecule has 1 fully saturated rings. The second-order valence-electron chi connectivity index (χ2n) is 5.22. The van der Waals surface area contributed by atoms with Crippen molar-refractivity contribution in [3.8, 4) is 0 Å². The maximum Gasteiger partial charge on any atom is 0.237 e. The van der Waals surface area contributed by atoms with E-state index >= 15 is 0 Å². The molecule has 0 atom stereocenters. The van der Waals surface area contributed by atoms with Gasteiger partial charge in [-0.3, -0.25) is 4.79 Å². The maximum absolute atomic E-state index is 11.4. The van der Waals surface area contributed by atoms with Crippen LogP contribution in [0, 0.1) is 6.92 Å². The maximum atomic E-state index is 11.4. The van der Waals surface area contributed by atoms with E-state index in [4.69, 9.17) is 23.7 Å². The fourth-order valence-electron chi connectivity index (χ4n) is 2.72. The Morgan fingerprint density at radius 3 is 2.60 bits per heavy atom. The molecule has 1 amide bonds. The van der Waals surface area contributed by atoms with E-state index in [2.05, 4.69) is 4.98 Å². The number of hydrogen-bond donors (Lipinski definition) is 2. The first kappa shape index (κ1) is 14.7. The van der Waals surface area contributed by atoms with Crippen molar-refractivity contribution in [3.63, 3.8) is 0 Å². The van der Waals surface area contributed by atoms with Crippen LogP contribution in [0.2, 0.25) is 0 Å². The molecule has 108 valence electrons. The van der Waals surface area contributed by atoms with Crippen LogP contribution in [-0.2, 0) is 4.79 Å². The molecule has 1 heterocycles. The largest absolute Gasteiger partial charge is 0.389 e. The molecular formula is C14H20N4OS. The van der Waals surface area contributed by atoms with Gasteiger partial charge in [-0.25, -0.2) is 4.98 Å². The van der Waals surface area contributed by atoms with Crippen LogP contribution in [0.3, 0.4) is 0 Å². The number of pyridine rings is 1. The summed E-state index contributed by atoms with van der Waals surface area (Å²) >= 11 is 5.10. The van der Waals surface area contributed by atoms with Crippen LogP contribution in [0.1, 0.15) is 36.9 Å². The van der Waals surface area contributed by atoms with Crippen molar-refractivity contribution in [2.75, 3.05) is 11.4 Å². The Bertz CT molecular complexity index is 526. The standard InChI is InChI=1S/C14H20N4OS/c1-9-6-7-11(13(16)20)14(17-9)18(8-12(15)19)10-4-2-3-5-10/h6-7,10H,2-5,8H2,1H3,(H2,15,19)(H2,16,20). The van der Waals surface area contributed by atoms with E-state index in [0.717, 1.165) is 31.4 Å². The Kier molecular flexibility index (Phi) is 4.54. The normalized spacial score (nSPS) is 15.2. The second kappa shape index (κ2) is 6.17. The fraction of sp³-hybridized carbons (Fsp3) is 0.500. The molecule has 0 saturated heterocycles. The number of primary amides is 1. The van der Waals surface area contributed by atoms with Gasteiger partial charge in [-0.2, -0.15) is 0 Å². The van der Waals surface area contributed by atoms with Gasteiger partial charge in [-0.15, -0.1) is 0 Å². The van der Waals surface area contributed by atoms with Crippen molar-refractivity contribution < 1.29 is 4.79 Å². The third kappa shape index (κ3) is 3.25. The van der Waals surface area contributed by atoms with Crippen molar-refractivity contribution >= 4 is 28.9 Å². The SMILES string of the molecule is Cc1ccc(C(N)=S)c(N(CC(N)=O)C2CCCC2)n1. The monoisotopic (exact) mass is 292 g/mol. The van der Waals surface area contributed by atoms with Gasteiger partial charge in [-0.05, 0) is 31.9 Å². The number of carbonyl (C=O) groups is 1. The quantitative estimate of drug-likeness (QED) is 0.798. The Balaban J connectivity index is 2.43. The molecule has 0 aliphatic heterocycles. The summed E-state index contributed by atoms with van der Waals surface area (Å²) in [7, 11) is 0. The van der Waals surface area contributed by atoms with Crippen LogP contribution in [0.4, 0.5) is 5.82 Å². The van der Waals surface area contributed by atoms with Gasteiger partial charge in [0, 0.05) is 11.7 Å². The number of thiocarbonyl (C=S) groups is 1. The molecule has 1 aromatic heterocycles. The molecule has 0 bridgehead atoms. The fourth-order valence-corrected chi connectivity index (χ4v) is 2.87. The van der Waals surface area contributed by atoms with E-state index in [9.17, 15) is 4.79 Å². The first-order chi connectivity index (χ1) is 9.49. The van der Waals surface area contributed by atoms with Crippen molar-refractivity contribution in [3.05, 3.63) is 23.4 Å². The van der Waals surface area contributed by atoms with Gasteiger partial charge < -0.3 is 16.4 Å². The summed E-state index contributed by atoms with van der Waals surface area (Å²) in [5.74, 6) is 0.317. The minimum atomic E-state index is -0.367. The predicted molar refractivity (Wildman–Crippen MR) is 83.7 cm³/mol. The highest BCUT2D eigenvalue weighted by molar-refractivity contribution is 7.80. The molecule has 0 radical (unpaired) electrons. The number of rotatable bonds is 5. The summed E-state index contributed by atoms with van der Waals surface area (Å²) in [4.78, 5) is 18.2. The number of nitrogens with zero attached hydrogens (tertiary/aromatic N) is 2. The smallest absolute Gasteiger partial charge is 0.237 e. The number of carbonyl (C=O) groups excluding carboxylic acids is 1. The van der Waals surface area contributed by atoms with Gasteiger partial charge in [0.05, 0.1) is 12.1 Å². The molecule has 1 saturated carbocycles. The van der Waals surface area contributed by atoms with Crippen LogP contribution in [0.25, 0.3) is 0 Å². The Morgan fingerprint density at radius 1 is 1.40 bits per heavy atom. The topological polar surface area (TPSA) is 85.2 Å². The predicted octanol–water partition coefficient (Wildman–Crippen LogP) is 1.26. The highest BCUT2D eigenvalue weighted by atomic mass is 32.1. The lowest BCUT2D eigenvalue weighted by atomic mass is 10.1. The van der Waals surface area contributed by atoms with Gasteiger partial charge in [-0.1, -0.05) is 25.1 Å². The summed E-state index contributed by atoms with van der Waals surface area (Å²) < 4.78 is 0. The van der Waals surface area contributed by atoms with Crippen LogP contribution in [-0.4, -0.2) is 28.5 Å². The van der Waals surface area contributed by atoms with Gasteiger partial charge >= 0.3 is 0 Å². The lowest BCUT2D eigenvalue weighted by molar-refractivity contribution is -0.116. The molecule has 20 heavy (non-hydrogen) atoms. The van der Waals surface area contributed by atoms with Gasteiger partial charge in [0.15, 0.2) is 0 Å². The first-order valence-electron chi connectivity index (χ1n) is 6.81. The molecule has 1 aromatic rings. The molecule has 5 nitrogen and oxygen atoms in total. The van der Waals surface area contributed by atoms with E-state index in [0.29, 0.717) is 16.4 Å². The Hall–Kier alpha value is -1.69. The molecule has 0 unspecified atom stereocenters. The number of amides is 1. The van der Waals surface area contributed by atoms with E-state index in [-0.39, 0.29) is 18.5 Å². The number of anilines is 1. The van der Waals surface area contributed by atoms with E-state index in [1.165, 1.54) is 0 Å². The zero-order chi connectivity index (χ0) is 14.7. The third-order valence-electron chi connectivity index (χ3n) is 3.64. The van der Waals surface area contributed by atoms with E-state index < -0.39 is 0 Å². The Labute approximate surface area is 124 Å². The van der Waals surface area contributed by atoms with Crippen molar-refractivity contribution in [2.45, 2.75) is 38.6 Å². The number of aryl methyl sites for hydroxylation is 1. The summed E-state index contributed by atoms with van der Waals surface area (Å²) in [5, 5.41) is 0. The highest BCUT2D eigenvalue weighted by Gasteiger charge is 2.27. The lowest BCUT2D eigenvalue weighted by Gasteiger charge is -2.30. The third-order valence-corrected chi connectivity index (χ3v) is 3.86. The molecule has 6 heteroatoms. The molecule has 0 aromatic carbocycles. The van der Waals surface area contributed by atoms with Crippen molar-refractivity contribution in [2.24, 2.45) is 11.5 Å². The van der Waals surface area contributed by atoms with Gasteiger partial charge in [0.1, 0.15) is 10.8 Å². The average molecular weight is 292 g/mol. The minimum absolute atomic E-state index is 0.150. The van der Waals surface area contributed by atoms with Crippen LogP contribution in [0.15, 0.2) is 12.1 Å². The average Bonchev–Trinajstić information content (AvgIpc) is 2.88. The van der Waals surface area contributed by atoms with E-state index in [1.54, 1.807) is 0 Å². The lowest BCUT2D eigenvalue weighted by Crippen LogP contribution is -2.41. The molecule has 0 spiro atoms. The van der Waals surface area contributed by atoms with Crippen LogP contribution < -0.4 is 16.4 Å². The second-order valence-corrected chi connectivity index (χ2v) is 5.66. The van der Waals surface area contributed by atoms with E-state index in [1.807, 2.05) is 24.0 Å². The summed E-state index contributed by atoms with van der Waals surface area (Å²) in [5.41, 5.74) is 12.7. The molecular weight excluding hydrogens is 272 g/mol. The number of nitrogens with two attached hydrogens (primary N) is 2. The zero-order valence-electron chi connectivity index (χ0n) is 11.6. The minimum Gasteiger partial charge on any atom is -0.389 e. The highest BCUT2D eigenvalue weighted by Crippen LogP contribution is 2.29. The van der Waals surface area contributed by atoms with Crippen molar-refractivity contribution in [1.82, 2.24) is 4.98 Å². The number of hydrogen-bond acceptors (Lipinski definition) is 4. The molecule has 2 rings (SSSR count). The Morgan fingerprint density at radius 2 is 2.05 bits per heavy atom. The summed E-state index contributed by atoms with van der Waals surface area (Å²) in [6.07, 6.45) is 4.40. The first-order valence-corrected chi connectivity index (χ1v) is 7.22. The zero-order valence-corrected chi connectivity index (χ0v) is 12.4. The van der Waals surface area contributed by atoms with Gasteiger partial charge in [0.25, 0.3) is 0 Å². The summed E-state index contributed by atoms with van der Waals surface area (Å²) in [6, 6.07) is 4.02. The van der Waals surface area contributed by atoms with Crippen LogP contribution >= 0.6 is 12.2 Å². The summed E-state index contributed by atoms with van der Waals surface area (Å²) in [6.45, 7) is 2.06. The van der Waals surface area contributed by atoms with Gasteiger partial charge in [0.2, 0.25) is 5.91 Å². The number of aromatic nitrogens is 1. The van der Waals surface area contributed by atoms with Crippen LogP contribution in [0.5, 0.6) is 0 Å².